The van der Waals surface area contributed by atoms with Crippen molar-refractivity contribution >= 4 is 51.2 Å². The van der Waals surface area contributed by atoms with E-state index in [0.717, 1.165) is 9.64 Å². The van der Waals surface area contributed by atoms with Gasteiger partial charge in [0.05, 0.1) is 19.3 Å². The van der Waals surface area contributed by atoms with Crippen molar-refractivity contribution < 1.29 is 23.4 Å². The smallest absolute Gasteiger partial charge is 0.337 e. The van der Waals surface area contributed by atoms with Crippen molar-refractivity contribution in [2.75, 3.05) is 7.11 Å². The average Bonchev–Trinajstić information content (AvgIpc) is 2.45. The summed E-state index contributed by atoms with van der Waals surface area (Å²) in [4.78, 5) is 10.9. The van der Waals surface area contributed by atoms with Gasteiger partial charge in [-0.2, -0.15) is 0 Å². The highest BCUT2D eigenvalue weighted by Gasteiger charge is 2.07. The first-order valence-corrected chi connectivity index (χ1v) is 8.11. The van der Waals surface area contributed by atoms with E-state index in [9.17, 15) is 13.6 Å². The van der Waals surface area contributed by atoms with Gasteiger partial charge in [0.2, 0.25) is 0 Å². The van der Waals surface area contributed by atoms with E-state index in [4.69, 9.17) is 5.11 Å². The Kier molecular flexibility index (Phi) is 8.18. The molecular formula is C15H12F2I2O3. The number of benzene rings is 2. The summed E-state index contributed by atoms with van der Waals surface area (Å²) in [6.07, 6.45) is 0. The summed E-state index contributed by atoms with van der Waals surface area (Å²) in [7, 11) is 1.26. The summed E-state index contributed by atoms with van der Waals surface area (Å²) in [6, 6.07) is 8.53. The number of carbonyl (C=O) groups excluding carboxylic acids is 1. The highest BCUT2D eigenvalue weighted by atomic mass is 127. The Balaban J connectivity index is 0.000000224. The quantitative estimate of drug-likeness (QED) is 0.468. The molecule has 0 aromatic heterocycles. The Labute approximate surface area is 154 Å². The lowest BCUT2D eigenvalue weighted by atomic mass is 10.2. The van der Waals surface area contributed by atoms with E-state index in [1.165, 1.54) is 25.3 Å². The number of esters is 1. The zero-order valence-corrected chi connectivity index (χ0v) is 15.8. The van der Waals surface area contributed by atoms with E-state index >= 15 is 0 Å². The van der Waals surface area contributed by atoms with Crippen LogP contribution < -0.4 is 0 Å². The van der Waals surface area contributed by atoms with Gasteiger partial charge in [0.1, 0.15) is 11.6 Å². The summed E-state index contributed by atoms with van der Waals surface area (Å²) in [6.45, 7) is -0.103. The predicted molar refractivity (Wildman–Crippen MR) is 95.5 cm³/mol. The number of methoxy groups -OCH3 is 1. The minimum absolute atomic E-state index is 0.103. The average molecular weight is 532 g/mol. The fourth-order valence-corrected chi connectivity index (χ4v) is 2.82. The number of halogens is 4. The van der Waals surface area contributed by atoms with Gasteiger partial charge in [-0.1, -0.05) is 0 Å². The number of hydrogen-bond acceptors (Lipinski definition) is 3. The summed E-state index contributed by atoms with van der Waals surface area (Å²) >= 11 is 3.94. The summed E-state index contributed by atoms with van der Waals surface area (Å²) in [5.41, 5.74) is 0.853. The molecule has 2 rings (SSSR count). The molecule has 0 bridgehead atoms. The van der Waals surface area contributed by atoms with Crippen molar-refractivity contribution in [1.29, 1.82) is 0 Å². The number of hydrogen-bond donors (Lipinski definition) is 1. The maximum Gasteiger partial charge on any atom is 0.337 e. The summed E-state index contributed by atoms with van der Waals surface area (Å²) < 4.78 is 31.1. The maximum absolute atomic E-state index is 12.7. The third-order valence-corrected chi connectivity index (χ3v) is 3.63. The monoisotopic (exact) mass is 532 g/mol. The lowest BCUT2D eigenvalue weighted by Crippen LogP contribution is -2.01. The molecule has 118 valence electrons. The second kappa shape index (κ2) is 9.36. The Hall–Kier alpha value is -0.810. The minimum atomic E-state index is -0.521. The van der Waals surface area contributed by atoms with Crippen LogP contribution in [0.5, 0.6) is 0 Å². The molecule has 2 aromatic rings. The van der Waals surface area contributed by atoms with Gasteiger partial charge >= 0.3 is 5.97 Å². The summed E-state index contributed by atoms with van der Waals surface area (Å²) in [5, 5.41) is 8.62. The minimum Gasteiger partial charge on any atom is -0.465 e. The number of aliphatic hydroxyl groups is 1. The fraction of sp³-hybridized carbons (Fsp3) is 0.133. The zero-order valence-electron chi connectivity index (χ0n) is 11.4. The topological polar surface area (TPSA) is 46.5 Å². The first-order valence-electron chi connectivity index (χ1n) is 5.96. The van der Waals surface area contributed by atoms with E-state index < -0.39 is 11.8 Å². The van der Waals surface area contributed by atoms with Crippen LogP contribution in [0.1, 0.15) is 15.9 Å². The van der Waals surface area contributed by atoms with Gasteiger partial charge in [0, 0.05) is 7.14 Å². The molecule has 7 heteroatoms. The van der Waals surface area contributed by atoms with Gasteiger partial charge in [-0.15, -0.1) is 0 Å². The van der Waals surface area contributed by atoms with Gasteiger partial charge < -0.3 is 9.84 Å². The molecule has 0 aliphatic heterocycles. The lowest BCUT2D eigenvalue weighted by molar-refractivity contribution is 0.0600. The van der Waals surface area contributed by atoms with Crippen molar-refractivity contribution in [3.63, 3.8) is 0 Å². The number of carbonyl (C=O) groups is 1. The van der Waals surface area contributed by atoms with Crippen molar-refractivity contribution in [1.82, 2.24) is 0 Å². The van der Waals surface area contributed by atoms with Crippen molar-refractivity contribution in [2.24, 2.45) is 0 Å². The number of aliphatic hydroxyl groups excluding tert-OH is 1. The molecule has 0 spiro atoms. The molecule has 0 unspecified atom stereocenters. The van der Waals surface area contributed by atoms with Crippen molar-refractivity contribution in [2.45, 2.75) is 6.61 Å². The van der Waals surface area contributed by atoms with E-state index in [0.29, 0.717) is 9.13 Å². The second-order valence-electron chi connectivity index (χ2n) is 4.09. The van der Waals surface area contributed by atoms with Crippen LogP contribution in [0.2, 0.25) is 0 Å². The third-order valence-electron chi connectivity index (χ3n) is 2.39. The van der Waals surface area contributed by atoms with E-state index in [1.807, 2.05) is 45.2 Å². The molecule has 22 heavy (non-hydrogen) atoms. The Morgan fingerprint density at radius 1 is 1.05 bits per heavy atom. The molecule has 1 N–H and O–H groups in total. The molecular weight excluding hydrogens is 520 g/mol. The zero-order chi connectivity index (χ0) is 16.7. The maximum atomic E-state index is 12.7. The predicted octanol–water partition coefficient (Wildman–Crippen LogP) is 4.14. The van der Waals surface area contributed by atoms with E-state index in [1.54, 1.807) is 12.1 Å². The van der Waals surface area contributed by atoms with Crippen molar-refractivity contribution in [3.8, 4) is 0 Å². The molecule has 2 aromatic carbocycles. The lowest BCUT2D eigenvalue weighted by Gasteiger charge is -1.99. The molecule has 0 saturated carbocycles. The van der Waals surface area contributed by atoms with Crippen LogP contribution in [0.3, 0.4) is 0 Å². The van der Waals surface area contributed by atoms with Gasteiger partial charge in [-0.3, -0.25) is 0 Å². The fourth-order valence-electron chi connectivity index (χ4n) is 1.49. The SMILES string of the molecule is COC(=O)c1cc(F)cc(I)c1.OCc1cc(F)cc(I)c1. The molecule has 0 aliphatic carbocycles. The summed E-state index contributed by atoms with van der Waals surface area (Å²) in [5.74, 6) is -1.24. The molecule has 3 nitrogen and oxygen atoms in total. The van der Waals surface area contributed by atoms with Gasteiger partial charge in [0.25, 0.3) is 0 Å². The Morgan fingerprint density at radius 2 is 1.59 bits per heavy atom. The molecule has 0 atom stereocenters. The molecule has 0 saturated heterocycles. The largest absolute Gasteiger partial charge is 0.465 e. The van der Waals surface area contributed by atoms with Gasteiger partial charge in [-0.25, -0.2) is 13.6 Å². The highest BCUT2D eigenvalue weighted by Crippen LogP contribution is 2.12. The number of ether oxygens (including phenoxy) is 1. The van der Waals surface area contributed by atoms with E-state index in [-0.39, 0.29) is 18.0 Å². The van der Waals surface area contributed by atoms with Crippen LogP contribution in [0.25, 0.3) is 0 Å². The van der Waals surface area contributed by atoms with Gasteiger partial charge in [0.15, 0.2) is 0 Å². The highest BCUT2D eigenvalue weighted by molar-refractivity contribution is 14.1. The molecule has 0 heterocycles. The van der Waals surface area contributed by atoms with Crippen LogP contribution in [0.4, 0.5) is 8.78 Å². The second-order valence-corrected chi connectivity index (χ2v) is 6.58. The van der Waals surface area contributed by atoms with Gasteiger partial charge in [-0.05, 0) is 87.1 Å². The first-order chi connectivity index (χ1) is 10.3. The third kappa shape index (κ3) is 6.53. The number of rotatable bonds is 2. The van der Waals surface area contributed by atoms with E-state index in [2.05, 4.69) is 4.74 Å². The normalized spacial score (nSPS) is 9.73. The van der Waals surface area contributed by atoms with Crippen LogP contribution in [0.15, 0.2) is 36.4 Å². The van der Waals surface area contributed by atoms with Crippen molar-refractivity contribution in [3.05, 3.63) is 66.3 Å². The molecule has 0 aliphatic rings. The standard InChI is InChI=1S/C8H6FIO2.C7H6FIO/c1-12-8(11)5-2-6(9)4-7(10)3-5;8-6-1-5(4-10)2-7(9)3-6/h2-4H,1H3;1-3,10H,4H2. The first kappa shape index (κ1) is 19.2. The molecule has 0 radical (unpaired) electrons. The van der Waals surface area contributed by atoms with Crippen LogP contribution in [-0.2, 0) is 11.3 Å². The Bertz CT molecular complexity index is 623. The molecule has 0 amide bonds. The van der Waals surface area contributed by atoms with Crippen LogP contribution >= 0.6 is 45.2 Å². The molecule has 0 fully saturated rings. The Morgan fingerprint density at radius 3 is 2.05 bits per heavy atom. The van der Waals surface area contributed by atoms with Crippen LogP contribution in [-0.4, -0.2) is 18.2 Å². The van der Waals surface area contributed by atoms with Crippen LogP contribution in [0, 0.1) is 18.8 Å².